The zero-order valence-corrected chi connectivity index (χ0v) is 17.1. The van der Waals surface area contributed by atoms with Crippen LogP contribution in [0.15, 0.2) is 84.9 Å². The van der Waals surface area contributed by atoms with Crippen LogP contribution in [0.2, 0.25) is 0 Å². The molecule has 4 aromatic rings. The van der Waals surface area contributed by atoms with Gasteiger partial charge in [0, 0.05) is 16.7 Å². The summed E-state index contributed by atoms with van der Waals surface area (Å²) in [5.74, 6) is -0.276. The van der Waals surface area contributed by atoms with Gasteiger partial charge in [-0.25, -0.2) is 0 Å². The lowest BCUT2D eigenvalue weighted by molar-refractivity contribution is 0.0846. The van der Waals surface area contributed by atoms with Gasteiger partial charge >= 0.3 is 0 Å². The van der Waals surface area contributed by atoms with E-state index < -0.39 is 11.8 Å². The lowest BCUT2D eigenvalue weighted by Gasteiger charge is -2.21. The number of amides is 2. The van der Waals surface area contributed by atoms with Gasteiger partial charge in [0.2, 0.25) is 0 Å². The van der Waals surface area contributed by atoms with E-state index in [4.69, 9.17) is 4.74 Å². The second-order valence-corrected chi connectivity index (χ2v) is 6.80. The molecule has 154 valence electrons. The van der Waals surface area contributed by atoms with Crippen molar-refractivity contribution in [1.29, 1.82) is 0 Å². The van der Waals surface area contributed by atoms with Crippen molar-refractivity contribution < 1.29 is 14.3 Å². The van der Waals surface area contributed by atoms with Crippen LogP contribution in [0.4, 0.5) is 0 Å². The van der Waals surface area contributed by atoms with E-state index in [0.29, 0.717) is 28.3 Å². The summed E-state index contributed by atoms with van der Waals surface area (Å²) in [7, 11) is 1.60. The summed E-state index contributed by atoms with van der Waals surface area (Å²) in [6.07, 6.45) is 0. The van der Waals surface area contributed by atoms with E-state index in [1.165, 1.54) is 4.79 Å². The van der Waals surface area contributed by atoms with Crippen molar-refractivity contribution in [3.63, 3.8) is 0 Å². The van der Waals surface area contributed by atoms with Crippen LogP contribution in [-0.4, -0.2) is 34.0 Å². The van der Waals surface area contributed by atoms with Gasteiger partial charge in [0.1, 0.15) is 11.4 Å². The van der Waals surface area contributed by atoms with Gasteiger partial charge in [0.05, 0.1) is 12.8 Å². The molecule has 0 radical (unpaired) electrons. The SMILES string of the molecule is COc1ccc(-c2nnn(N(C(=O)c3ccccc3)C(=O)c3ccccc3)c2C)cc1. The van der Waals surface area contributed by atoms with Crippen LogP contribution in [0, 0.1) is 6.92 Å². The summed E-state index contributed by atoms with van der Waals surface area (Å²) in [5, 5.41) is 9.40. The fourth-order valence-corrected chi connectivity index (χ4v) is 3.20. The molecule has 31 heavy (non-hydrogen) atoms. The first-order chi connectivity index (χ1) is 15.1. The molecule has 0 fully saturated rings. The van der Waals surface area contributed by atoms with Crippen molar-refractivity contribution in [3.8, 4) is 17.0 Å². The molecule has 0 unspecified atom stereocenters. The number of carbonyl (C=O) groups is 2. The van der Waals surface area contributed by atoms with Gasteiger partial charge in [0.15, 0.2) is 0 Å². The fourth-order valence-electron chi connectivity index (χ4n) is 3.20. The molecule has 0 bridgehead atoms. The Bertz CT molecular complexity index is 1150. The van der Waals surface area contributed by atoms with Crippen LogP contribution in [0.5, 0.6) is 5.75 Å². The predicted molar refractivity (Wildman–Crippen MR) is 117 cm³/mol. The summed E-state index contributed by atoms with van der Waals surface area (Å²) in [4.78, 5) is 27.9. The van der Waals surface area contributed by atoms with E-state index in [0.717, 1.165) is 10.6 Å². The third-order valence-corrected chi connectivity index (χ3v) is 4.85. The van der Waals surface area contributed by atoms with E-state index >= 15 is 0 Å². The van der Waals surface area contributed by atoms with Crippen LogP contribution in [0.3, 0.4) is 0 Å². The minimum absolute atomic E-state index is 0.368. The maximum absolute atomic E-state index is 13.3. The van der Waals surface area contributed by atoms with Crippen molar-refractivity contribution in [2.24, 2.45) is 0 Å². The molecule has 1 heterocycles. The van der Waals surface area contributed by atoms with Gasteiger partial charge in [-0.1, -0.05) is 36.4 Å². The first-order valence-corrected chi connectivity index (χ1v) is 9.66. The number of benzene rings is 3. The normalized spacial score (nSPS) is 10.5. The first kappa shape index (κ1) is 20.0. The number of imide groups is 1. The Labute approximate surface area is 179 Å². The van der Waals surface area contributed by atoms with Crippen LogP contribution >= 0.6 is 0 Å². The Balaban J connectivity index is 1.79. The number of hydrogen-bond donors (Lipinski definition) is 0. The molecule has 0 saturated heterocycles. The quantitative estimate of drug-likeness (QED) is 0.465. The molecule has 0 aliphatic heterocycles. The fraction of sp³-hybridized carbons (Fsp3) is 0.0833. The second kappa shape index (κ2) is 8.62. The summed E-state index contributed by atoms with van der Waals surface area (Å²) < 4.78 is 5.20. The zero-order chi connectivity index (χ0) is 21.8. The van der Waals surface area contributed by atoms with Gasteiger partial charge in [-0.3, -0.25) is 9.59 Å². The summed E-state index contributed by atoms with van der Waals surface area (Å²) in [6.45, 7) is 1.77. The highest BCUT2D eigenvalue weighted by atomic mass is 16.5. The molecule has 0 spiro atoms. The van der Waals surface area contributed by atoms with Crippen molar-refractivity contribution in [3.05, 3.63) is 102 Å². The van der Waals surface area contributed by atoms with Crippen molar-refractivity contribution in [1.82, 2.24) is 15.1 Å². The summed E-state index contributed by atoms with van der Waals surface area (Å²) >= 11 is 0. The molecule has 0 aliphatic rings. The third-order valence-electron chi connectivity index (χ3n) is 4.85. The molecule has 7 heteroatoms. The van der Waals surface area contributed by atoms with Crippen molar-refractivity contribution in [2.45, 2.75) is 6.92 Å². The highest BCUT2D eigenvalue weighted by Crippen LogP contribution is 2.24. The summed E-state index contributed by atoms with van der Waals surface area (Å²) in [5.41, 5.74) is 2.65. The molecule has 0 aliphatic carbocycles. The second-order valence-electron chi connectivity index (χ2n) is 6.80. The minimum Gasteiger partial charge on any atom is -0.497 e. The monoisotopic (exact) mass is 412 g/mol. The number of hydrogen-bond acceptors (Lipinski definition) is 5. The van der Waals surface area contributed by atoms with Gasteiger partial charge < -0.3 is 4.74 Å². The van der Waals surface area contributed by atoms with E-state index in [2.05, 4.69) is 10.3 Å². The standard InChI is InChI=1S/C24H20N4O3/c1-17-22(18-13-15-21(31-2)16-14-18)25-26-28(17)27(23(29)19-9-5-3-6-10-19)24(30)20-11-7-4-8-12-20/h3-16H,1-2H3. The minimum atomic E-state index is -0.497. The van der Waals surface area contributed by atoms with Crippen LogP contribution in [-0.2, 0) is 0 Å². The van der Waals surface area contributed by atoms with E-state index in [1.54, 1.807) is 62.6 Å². The molecule has 0 saturated carbocycles. The van der Waals surface area contributed by atoms with Gasteiger partial charge in [-0.05, 0) is 60.7 Å². The molecular weight excluding hydrogens is 392 g/mol. The molecule has 0 atom stereocenters. The molecule has 3 aromatic carbocycles. The van der Waals surface area contributed by atoms with E-state index in [9.17, 15) is 9.59 Å². The molecule has 4 rings (SSSR count). The maximum atomic E-state index is 13.3. The zero-order valence-electron chi connectivity index (χ0n) is 17.1. The smallest absolute Gasteiger partial charge is 0.281 e. The largest absolute Gasteiger partial charge is 0.497 e. The Morgan fingerprint density at radius 3 is 1.81 bits per heavy atom. The van der Waals surface area contributed by atoms with Gasteiger partial charge in [0.25, 0.3) is 11.8 Å². The van der Waals surface area contributed by atoms with Crippen LogP contribution in [0.1, 0.15) is 26.4 Å². The van der Waals surface area contributed by atoms with Crippen LogP contribution < -0.4 is 9.75 Å². The number of ether oxygens (including phenoxy) is 1. The number of nitrogens with zero attached hydrogens (tertiary/aromatic N) is 4. The Kier molecular flexibility index (Phi) is 5.57. The van der Waals surface area contributed by atoms with E-state index in [-0.39, 0.29) is 0 Å². The molecule has 2 amide bonds. The number of rotatable bonds is 5. The lowest BCUT2D eigenvalue weighted by Crippen LogP contribution is -2.46. The first-order valence-electron chi connectivity index (χ1n) is 9.66. The Hall–Kier alpha value is -4.26. The molecule has 1 aromatic heterocycles. The number of aromatic nitrogens is 3. The average molecular weight is 412 g/mol. The van der Waals surface area contributed by atoms with Crippen LogP contribution in [0.25, 0.3) is 11.3 Å². The topological polar surface area (TPSA) is 77.3 Å². The molecule has 7 nitrogen and oxygen atoms in total. The average Bonchev–Trinajstić information content (AvgIpc) is 3.21. The van der Waals surface area contributed by atoms with E-state index in [1.807, 2.05) is 36.4 Å². The number of carbonyl (C=O) groups excluding carboxylic acids is 2. The molecular formula is C24H20N4O3. The van der Waals surface area contributed by atoms with Crippen molar-refractivity contribution >= 4 is 11.8 Å². The van der Waals surface area contributed by atoms with Crippen molar-refractivity contribution in [2.75, 3.05) is 12.1 Å². The molecule has 0 N–H and O–H groups in total. The predicted octanol–water partition coefficient (Wildman–Crippen LogP) is 3.88. The number of methoxy groups -OCH3 is 1. The van der Waals surface area contributed by atoms with Gasteiger partial charge in [-0.15, -0.1) is 9.89 Å². The highest BCUT2D eigenvalue weighted by Gasteiger charge is 2.29. The maximum Gasteiger partial charge on any atom is 0.281 e. The Morgan fingerprint density at radius 2 is 1.32 bits per heavy atom. The highest BCUT2D eigenvalue weighted by molar-refractivity contribution is 6.20. The lowest BCUT2D eigenvalue weighted by atomic mass is 10.1. The Morgan fingerprint density at radius 1 is 0.806 bits per heavy atom. The third kappa shape index (κ3) is 3.93. The van der Waals surface area contributed by atoms with Gasteiger partial charge in [-0.2, -0.15) is 5.01 Å². The summed E-state index contributed by atoms with van der Waals surface area (Å²) in [6, 6.07) is 24.6.